The lowest BCUT2D eigenvalue weighted by Crippen LogP contribution is -1.90. The van der Waals surface area contributed by atoms with Crippen molar-refractivity contribution < 1.29 is 0 Å². The quantitative estimate of drug-likeness (QED) is 0.611. The third kappa shape index (κ3) is 1.90. The predicted octanol–water partition coefficient (Wildman–Crippen LogP) is 3.03. The maximum Gasteiger partial charge on any atom is 0.113 e. The lowest BCUT2D eigenvalue weighted by molar-refractivity contribution is 0.736. The van der Waals surface area contributed by atoms with Crippen LogP contribution in [0.2, 0.25) is 0 Å². The Morgan fingerprint density at radius 2 is 1.86 bits per heavy atom. The van der Waals surface area contributed by atoms with E-state index in [1.165, 1.54) is 0 Å². The van der Waals surface area contributed by atoms with E-state index in [0.29, 0.717) is 0 Å². The number of nitrogens with one attached hydrogen (secondary N) is 1. The molecule has 2 heterocycles. The fourth-order valence-corrected chi connectivity index (χ4v) is 2.52. The van der Waals surface area contributed by atoms with E-state index >= 15 is 0 Å². The minimum absolute atomic E-state index is 0.891. The van der Waals surface area contributed by atoms with E-state index in [4.69, 9.17) is 0 Å². The van der Waals surface area contributed by atoms with Gasteiger partial charge in [0, 0.05) is 18.2 Å². The van der Waals surface area contributed by atoms with E-state index in [-0.39, 0.29) is 0 Å². The van der Waals surface area contributed by atoms with E-state index < -0.39 is 0 Å². The summed E-state index contributed by atoms with van der Waals surface area (Å²) < 4.78 is 1.78. The maximum absolute atomic E-state index is 4.46. The van der Waals surface area contributed by atoms with Crippen molar-refractivity contribution in [2.45, 2.75) is 0 Å². The molecule has 2 aromatic carbocycles. The van der Waals surface area contributed by atoms with Crippen LogP contribution in [0.3, 0.4) is 0 Å². The summed E-state index contributed by atoms with van der Waals surface area (Å²) in [4.78, 5) is 7.70. The normalized spacial score (nSPS) is 11.1. The number of nitrogens with zero attached hydrogens (tertiary/aromatic N) is 4. The molecule has 0 amide bonds. The summed E-state index contributed by atoms with van der Waals surface area (Å²) in [7, 11) is 1.89. The lowest BCUT2D eigenvalue weighted by Gasteiger charge is -2.04. The monoisotopic (exact) mass is 275 g/mol. The molecule has 0 fully saturated rings. The number of rotatable bonds is 2. The number of aromatic amines is 1. The summed E-state index contributed by atoms with van der Waals surface area (Å²) in [6, 6.07) is 16.3. The highest BCUT2D eigenvalue weighted by atomic mass is 15.4. The third-order valence-electron chi connectivity index (χ3n) is 3.59. The molecule has 0 saturated heterocycles. The van der Waals surface area contributed by atoms with Crippen molar-refractivity contribution in [3.05, 3.63) is 54.9 Å². The number of imidazole rings is 1. The molecule has 5 heteroatoms. The van der Waals surface area contributed by atoms with Crippen LogP contribution in [0.4, 0.5) is 0 Å². The van der Waals surface area contributed by atoms with Gasteiger partial charge in [-0.1, -0.05) is 41.6 Å². The van der Waals surface area contributed by atoms with Crippen molar-refractivity contribution in [2.24, 2.45) is 7.05 Å². The summed E-state index contributed by atoms with van der Waals surface area (Å²) in [5.41, 5.74) is 6.01. The van der Waals surface area contributed by atoms with Crippen molar-refractivity contribution in [2.75, 3.05) is 0 Å². The Balaban J connectivity index is 1.90. The van der Waals surface area contributed by atoms with Crippen LogP contribution in [0, 0.1) is 0 Å². The highest BCUT2D eigenvalue weighted by Crippen LogP contribution is 2.30. The van der Waals surface area contributed by atoms with Gasteiger partial charge in [-0.15, -0.1) is 5.10 Å². The zero-order valence-corrected chi connectivity index (χ0v) is 11.5. The van der Waals surface area contributed by atoms with E-state index in [0.717, 1.165) is 33.5 Å². The fraction of sp³-hybridized carbons (Fsp3) is 0.0625. The second-order valence-electron chi connectivity index (χ2n) is 4.91. The van der Waals surface area contributed by atoms with Crippen LogP contribution in [-0.4, -0.2) is 25.0 Å². The van der Waals surface area contributed by atoms with Crippen LogP contribution in [0.15, 0.2) is 54.9 Å². The molecule has 0 aliphatic heterocycles. The Hall–Kier alpha value is -2.95. The molecule has 102 valence electrons. The molecule has 2 aromatic heterocycles. The summed E-state index contributed by atoms with van der Waals surface area (Å²) in [5, 5.41) is 8.15. The van der Waals surface area contributed by atoms with E-state index in [1.807, 2.05) is 37.4 Å². The van der Waals surface area contributed by atoms with Crippen molar-refractivity contribution >= 4 is 11.0 Å². The number of H-pyrrole nitrogens is 1. The van der Waals surface area contributed by atoms with Gasteiger partial charge in [-0.2, -0.15) is 0 Å². The van der Waals surface area contributed by atoms with Crippen molar-refractivity contribution in [3.8, 4) is 22.5 Å². The number of benzene rings is 2. The van der Waals surface area contributed by atoms with Crippen molar-refractivity contribution in [1.29, 1.82) is 0 Å². The average molecular weight is 275 g/mol. The predicted molar refractivity (Wildman–Crippen MR) is 81.5 cm³/mol. The highest BCUT2D eigenvalue weighted by molar-refractivity contribution is 5.85. The van der Waals surface area contributed by atoms with Crippen LogP contribution in [0.25, 0.3) is 33.5 Å². The molecule has 1 N–H and O–H groups in total. The van der Waals surface area contributed by atoms with Gasteiger partial charge in [0.25, 0.3) is 0 Å². The lowest BCUT2D eigenvalue weighted by atomic mass is 10.0. The Kier molecular flexibility index (Phi) is 2.57. The topological polar surface area (TPSA) is 59.4 Å². The van der Waals surface area contributed by atoms with E-state index in [2.05, 4.69) is 38.5 Å². The molecule has 0 aliphatic rings. The van der Waals surface area contributed by atoms with Gasteiger partial charge in [-0.25, -0.2) is 9.67 Å². The number of hydrogen-bond acceptors (Lipinski definition) is 3. The van der Waals surface area contributed by atoms with Crippen LogP contribution in [0.1, 0.15) is 0 Å². The molecule has 4 aromatic rings. The largest absolute Gasteiger partial charge is 0.344 e. The van der Waals surface area contributed by atoms with Crippen LogP contribution in [-0.2, 0) is 7.05 Å². The smallest absolute Gasteiger partial charge is 0.113 e. The van der Waals surface area contributed by atoms with Crippen molar-refractivity contribution in [1.82, 2.24) is 25.0 Å². The van der Waals surface area contributed by atoms with Gasteiger partial charge in [0.2, 0.25) is 0 Å². The standard InChI is InChI=1S/C16H13N5/c1-21-14-9-12(7-8-13(14)19-20-21)16-15(17-10-18-16)11-5-3-2-4-6-11/h2-10H,1H3,(H,17,18). The molecular formula is C16H13N5. The molecule has 0 bridgehead atoms. The molecule has 0 atom stereocenters. The molecule has 0 unspecified atom stereocenters. The summed E-state index contributed by atoms with van der Waals surface area (Å²) in [6.45, 7) is 0. The first kappa shape index (κ1) is 11.8. The second kappa shape index (κ2) is 4.56. The maximum atomic E-state index is 4.46. The van der Waals surface area contributed by atoms with Gasteiger partial charge < -0.3 is 4.98 Å². The fourth-order valence-electron chi connectivity index (χ4n) is 2.52. The summed E-state index contributed by atoms with van der Waals surface area (Å²) >= 11 is 0. The van der Waals surface area contributed by atoms with Crippen LogP contribution in [0.5, 0.6) is 0 Å². The van der Waals surface area contributed by atoms with E-state index in [1.54, 1.807) is 11.0 Å². The molecule has 0 saturated carbocycles. The molecule has 0 aliphatic carbocycles. The van der Waals surface area contributed by atoms with Crippen LogP contribution >= 0.6 is 0 Å². The van der Waals surface area contributed by atoms with Gasteiger partial charge in [0.15, 0.2) is 0 Å². The molecular weight excluding hydrogens is 262 g/mol. The minimum atomic E-state index is 0.891. The van der Waals surface area contributed by atoms with Gasteiger partial charge in [0.1, 0.15) is 5.52 Å². The Morgan fingerprint density at radius 3 is 2.71 bits per heavy atom. The zero-order valence-electron chi connectivity index (χ0n) is 11.5. The van der Waals surface area contributed by atoms with Gasteiger partial charge in [0.05, 0.1) is 23.2 Å². The Labute approximate surface area is 121 Å². The van der Waals surface area contributed by atoms with Gasteiger partial charge >= 0.3 is 0 Å². The first-order valence-electron chi connectivity index (χ1n) is 6.71. The average Bonchev–Trinajstić information content (AvgIpc) is 3.15. The molecule has 21 heavy (non-hydrogen) atoms. The minimum Gasteiger partial charge on any atom is -0.344 e. The summed E-state index contributed by atoms with van der Waals surface area (Å²) in [6.07, 6.45) is 1.73. The first-order chi connectivity index (χ1) is 10.3. The highest BCUT2D eigenvalue weighted by Gasteiger charge is 2.11. The number of fused-ring (bicyclic) bond motifs is 1. The molecule has 5 nitrogen and oxygen atoms in total. The molecule has 0 spiro atoms. The third-order valence-corrected chi connectivity index (χ3v) is 3.59. The van der Waals surface area contributed by atoms with E-state index in [9.17, 15) is 0 Å². The summed E-state index contributed by atoms with van der Waals surface area (Å²) in [5.74, 6) is 0. The number of aryl methyl sites for hydroxylation is 1. The molecule has 0 radical (unpaired) electrons. The molecule has 4 rings (SSSR count). The SMILES string of the molecule is Cn1nnc2ccc(-c3[nH]cnc3-c3ccccc3)cc21. The second-order valence-corrected chi connectivity index (χ2v) is 4.91. The zero-order chi connectivity index (χ0) is 14.2. The Morgan fingerprint density at radius 1 is 1.00 bits per heavy atom. The number of aromatic nitrogens is 5. The van der Waals surface area contributed by atoms with Crippen molar-refractivity contribution in [3.63, 3.8) is 0 Å². The first-order valence-corrected chi connectivity index (χ1v) is 6.71. The number of hydrogen-bond donors (Lipinski definition) is 1. The van der Waals surface area contributed by atoms with Gasteiger partial charge in [-0.3, -0.25) is 0 Å². The van der Waals surface area contributed by atoms with Crippen LogP contribution < -0.4 is 0 Å². The Bertz CT molecular complexity index is 905. The van der Waals surface area contributed by atoms with Gasteiger partial charge in [-0.05, 0) is 12.1 Å².